The Kier molecular flexibility index (Phi) is 8.92. The summed E-state index contributed by atoms with van der Waals surface area (Å²) in [4.78, 5) is 25.8. The van der Waals surface area contributed by atoms with Crippen LogP contribution in [0, 0.1) is 6.92 Å². The monoisotopic (exact) mass is 528 g/mol. The molecule has 0 saturated heterocycles. The van der Waals surface area contributed by atoms with E-state index in [1.54, 1.807) is 0 Å². The molecule has 0 aliphatic heterocycles. The third-order valence-corrected chi connectivity index (χ3v) is 7.40. The van der Waals surface area contributed by atoms with E-state index in [-0.39, 0.29) is 18.0 Å². The van der Waals surface area contributed by atoms with Crippen molar-refractivity contribution in [1.82, 2.24) is 4.37 Å². The van der Waals surface area contributed by atoms with Crippen LogP contribution in [-0.4, -0.2) is 23.0 Å². The Bertz CT molecular complexity index is 1370. The molecule has 0 fully saturated rings. The number of aryl methyl sites for hydroxylation is 1. The van der Waals surface area contributed by atoms with E-state index in [1.165, 1.54) is 11.5 Å². The van der Waals surface area contributed by atoms with Crippen molar-refractivity contribution in [1.29, 1.82) is 0 Å². The van der Waals surface area contributed by atoms with Crippen molar-refractivity contribution < 1.29 is 19.1 Å². The van der Waals surface area contributed by atoms with Gasteiger partial charge in [-0.05, 0) is 66.5 Å². The fraction of sp³-hybridized carbons (Fsp3) is 0.258. The van der Waals surface area contributed by atoms with Crippen LogP contribution in [0.5, 0.6) is 0 Å². The van der Waals surface area contributed by atoms with Gasteiger partial charge in [-0.3, -0.25) is 10.1 Å². The number of rotatable bonds is 9. The predicted molar refractivity (Wildman–Crippen MR) is 152 cm³/mol. The van der Waals surface area contributed by atoms with Gasteiger partial charge in [-0.1, -0.05) is 85.8 Å². The standard InChI is InChI=1S/C31H32N2O4S/c1-5-27(30(34)36-6-2)25-16-12-23(13-17-25)24-14-18-26(19-15-24)29-28(20(3)33-38-29)32-31(35)37-21(4)22-10-8-7-9-11-22/h7-19,21,27H,5-6H2,1-4H3,(H,32,35)/t21-,27?/m1/s1. The van der Waals surface area contributed by atoms with E-state index in [0.717, 1.165) is 38.4 Å². The van der Waals surface area contributed by atoms with E-state index in [9.17, 15) is 9.59 Å². The molecule has 1 heterocycles. The zero-order valence-corrected chi connectivity index (χ0v) is 22.9. The van der Waals surface area contributed by atoms with Crippen LogP contribution in [0.4, 0.5) is 10.5 Å². The number of carbonyl (C=O) groups excluding carboxylic acids is 2. The van der Waals surface area contributed by atoms with Crippen LogP contribution >= 0.6 is 11.5 Å². The van der Waals surface area contributed by atoms with E-state index in [1.807, 2.05) is 107 Å². The highest BCUT2D eigenvalue weighted by Crippen LogP contribution is 2.36. The number of ether oxygens (including phenoxy) is 2. The van der Waals surface area contributed by atoms with Crippen molar-refractivity contribution in [2.24, 2.45) is 0 Å². The highest BCUT2D eigenvalue weighted by Gasteiger charge is 2.20. The maximum absolute atomic E-state index is 12.7. The van der Waals surface area contributed by atoms with Gasteiger partial charge in [0.15, 0.2) is 0 Å². The summed E-state index contributed by atoms with van der Waals surface area (Å²) in [7, 11) is 0. The fourth-order valence-corrected chi connectivity index (χ4v) is 5.15. The molecule has 1 aromatic heterocycles. The smallest absolute Gasteiger partial charge is 0.412 e. The van der Waals surface area contributed by atoms with Crippen molar-refractivity contribution in [2.45, 2.75) is 46.1 Å². The Morgan fingerprint density at radius 3 is 2.08 bits per heavy atom. The molecule has 196 valence electrons. The van der Waals surface area contributed by atoms with Gasteiger partial charge in [0.1, 0.15) is 6.10 Å². The van der Waals surface area contributed by atoms with Crippen LogP contribution in [-0.2, 0) is 14.3 Å². The number of benzene rings is 3. The average molecular weight is 529 g/mol. The quantitative estimate of drug-likeness (QED) is 0.222. The van der Waals surface area contributed by atoms with Crippen LogP contribution in [0.1, 0.15) is 56.0 Å². The molecule has 1 unspecified atom stereocenters. The zero-order valence-electron chi connectivity index (χ0n) is 22.1. The minimum atomic E-state index is -0.518. The number of nitrogens with one attached hydrogen (secondary N) is 1. The second-order valence-electron chi connectivity index (χ2n) is 8.97. The molecule has 3 aromatic carbocycles. The molecule has 0 radical (unpaired) electrons. The van der Waals surface area contributed by atoms with Gasteiger partial charge in [-0.15, -0.1) is 0 Å². The number of aromatic nitrogens is 1. The van der Waals surface area contributed by atoms with E-state index in [4.69, 9.17) is 9.47 Å². The highest BCUT2D eigenvalue weighted by atomic mass is 32.1. The molecule has 38 heavy (non-hydrogen) atoms. The largest absolute Gasteiger partial charge is 0.466 e. The summed E-state index contributed by atoms with van der Waals surface area (Å²) < 4.78 is 15.3. The van der Waals surface area contributed by atoms with Gasteiger partial charge in [-0.25, -0.2) is 4.79 Å². The number of carbonyl (C=O) groups is 2. The number of nitrogens with zero attached hydrogens (tertiary/aromatic N) is 1. The van der Waals surface area contributed by atoms with Crippen LogP contribution in [0.2, 0.25) is 0 Å². The Labute approximate surface area is 227 Å². The fourth-order valence-electron chi connectivity index (χ4n) is 4.30. The molecule has 1 amide bonds. The summed E-state index contributed by atoms with van der Waals surface area (Å²) in [5, 5.41) is 2.89. The molecule has 6 nitrogen and oxygen atoms in total. The van der Waals surface area contributed by atoms with Gasteiger partial charge in [-0.2, -0.15) is 4.37 Å². The first-order valence-corrected chi connectivity index (χ1v) is 13.5. The summed E-state index contributed by atoms with van der Waals surface area (Å²) in [5.41, 5.74) is 6.33. The van der Waals surface area contributed by atoms with Crippen molar-refractivity contribution in [3.8, 4) is 21.6 Å². The lowest BCUT2D eigenvalue weighted by atomic mass is 9.94. The van der Waals surface area contributed by atoms with Gasteiger partial charge in [0.05, 0.1) is 28.8 Å². The molecular weight excluding hydrogens is 496 g/mol. The molecule has 0 aliphatic carbocycles. The normalized spacial score (nSPS) is 12.4. The van der Waals surface area contributed by atoms with Crippen LogP contribution in [0.15, 0.2) is 78.9 Å². The Hall–Kier alpha value is -3.97. The lowest BCUT2D eigenvalue weighted by molar-refractivity contribution is -0.145. The third kappa shape index (κ3) is 6.29. The van der Waals surface area contributed by atoms with Gasteiger partial charge in [0, 0.05) is 0 Å². The lowest BCUT2D eigenvalue weighted by Gasteiger charge is -2.15. The molecule has 7 heteroatoms. The van der Waals surface area contributed by atoms with E-state index >= 15 is 0 Å². The topological polar surface area (TPSA) is 77.5 Å². The minimum Gasteiger partial charge on any atom is -0.466 e. The van der Waals surface area contributed by atoms with Gasteiger partial charge < -0.3 is 9.47 Å². The predicted octanol–water partition coefficient (Wildman–Crippen LogP) is 8.15. The zero-order chi connectivity index (χ0) is 27.1. The first-order chi connectivity index (χ1) is 18.4. The Morgan fingerprint density at radius 1 is 0.868 bits per heavy atom. The highest BCUT2D eigenvalue weighted by molar-refractivity contribution is 7.10. The summed E-state index contributed by atoms with van der Waals surface area (Å²) in [6.45, 7) is 7.90. The number of amides is 1. The molecule has 2 atom stereocenters. The third-order valence-electron chi connectivity index (χ3n) is 6.42. The molecule has 0 spiro atoms. The van der Waals surface area contributed by atoms with E-state index in [0.29, 0.717) is 18.7 Å². The second kappa shape index (κ2) is 12.5. The van der Waals surface area contributed by atoms with E-state index in [2.05, 4.69) is 9.69 Å². The van der Waals surface area contributed by atoms with Gasteiger partial charge in [0.2, 0.25) is 0 Å². The maximum atomic E-state index is 12.7. The van der Waals surface area contributed by atoms with Crippen molar-refractivity contribution in [3.05, 3.63) is 95.7 Å². The molecule has 4 aromatic rings. The number of esters is 1. The summed E-state index contributed by atoms with van der Waals surface area (Å²) >= 11 is 1.34. The Morgan fingerprint density at radius 2 is 1.47 bits per heavy atom. The molecule has 4 rings (SSSR count). The summed E-state index contributed by atoms with van der Waals surface area (Å²) in [5.74, 6) is -0.441. The molecule has 0 bridgehead atoms. The number of anilines is 1. The first kappa shape index (κ1) is 27.1. The Balaban J connectivity index is 1.47. The summed E-state index contributed by atoms with van der Waals surface area (Å²) in [6, 6.07) is 25.8. The molecule has 1 N–H and O–H groups in total. The van der Waals surface area contributed by atoms with Crippen molar-refractivity contribution >= 4 is 29.3 Å². The van der Waals surface area contributed by atoms with Crippen molar-refractivity contribution in [2.75, 3.05) is 11.9 Å². The second-order valence-corrected chi connectivity index (χ2v) is 9.74. The lowest BCUT2D eigenvalue weighted by Crippen LogP contribution is -2.16. The maximum Gasteiger partial charge on any atom is 0.412 e. The minimum absolute atomic E-state index is 0.185. The van der Waals surface area contributed by atoms with E-state index < -0.39 is 6.09 Å². The van der Waals surface area contributed by atoms with Crippen LogP contribution in [0.3, 0.4) is 0 Å². The van der Waals surface area contributed by atoms with Gasteiger partial charge in [0.25, 0.3) is 0 Å². The summed E-state index contributed by atoms with van der Waals surface area (Å²) in [6.07, 6.45) is -0.200. The number of hydrogen-bond acceptors (Lipinski definition) is 6. The van der Waals surface area contributed by atoms with Crippen molar-refractivity contribution in [3.63, 3.8) is 0 Å². The first-order valence-electron chi connectivity index (χ1n) is 12.8. The average Bonchev–Trinajstić information content (AvgIpc) is 3.29. The van der Waals surface area contributed by atoms with Crippen LogP contribution in [0.25, 0.3) is 21.6 Å². The molecular formula is C31H32N2O4S. The molecule has 0 saturated carbocycles. The SMILES string of the molecule is CCOC(=O)C(CC)c1ccc(-c2ccc(-c3snc(C)c3NC(=O)O[C@H](C)c3ccccc3)cc2)cc1. The van der Waals surface area contributed by atoms with Gasteiger partial charge >= 0.3 is 12.1 Å². The number of hydrogen-bond donors (Lipinski definition) is 1. The molecule has 0 aliphatic rings. The van der Waals surface area contributed by atoms with Crippen LogP contribution < -0.4 is 5.32 Å².